The molecule has 0 saturated carbocycles. The molecule has 0 saturated heterocycles. The van der Waals surface area contributed by atoms with Crippen molar-refractivity contribution >= 4 is 17.4 Å². The highest BCUT2D eigenvalue weighted by Gasteiger charge is 2.02. The smallest absolute Gasteiger partial charge is 0.306 e. The average molecular weight is 270 g/mol. The minimum absolute atomic E-state index is 0.216. The van der Waals surface area contributed by atoms with Crippen LogP contribution in [0.25, 0.3) is 0 Å². The normalized spacial score (nSPS) is 8.95. The molecule has 0 spiro atoms. The molecule has 6 nitrogen and oxygen atoms in total. The van der Waals surface area contributed by atoms with Crippen LogP contribution in [0.1, 0.15) is 18.9 Å². The monoisotopic (exact) mass is 270 g/mol. The van der Waals surface area contributed by atoms with Gasteiger partial charge in [-0.1, -0.05) is 12.1 Å². The molecule has 0 atom stereocenters. The van der Waals surface area contributed by atoms with Crippen LogP contribution in [0, 0.1) is 22.7 Å². The number of anilines is 1. The molecule has 1 rings (SSSR count). The third-order valence-corrected chi connectivity index (χ3v) is 2.39. The lowest BCUT2D eigenvalue weighted by Crippen LogP contribution is -2.05. The van der Waals surface area contributed by atoms with Crippen LogP contribution in [0.3, 0.4) is 0 Å². The molecule has 0 amide bonds. The summed E-state index contributed by atoms with van der Waals surface area (Å²) < 4.78 is 4.85. The maximum Gasteiger partial charge on any atom is 0.306 e. The fourth-order valence-electron chi connectivity index (χ4n) is 1.42. The predicted octanol–water partition coefficient (Wildman–Crippen LogP) is 2.00. The summed E-state index contributed by atoms with van der Waals surface area (Å²) in [6, 6.07) is 10.5. The fraction of sp³-hybridized carbons (Fsp3) is 0.286. The van der Waals surface area contributed by atoms with E-state index in [2.05, 4.69) is 10.5 Å². The Morgan fingerprint density at radius 2 is 1.95 bits per heavy atom. The van der Waals surface area contributed by atoms with E-state index in [1.54, 1.807) is 31.2 Å². The van der Waals surface area contributed by atoms with Crippen LogP contribution < -0.4 is 5.43 Å². The number of esters is 1. The molecule has 0 aliphatic rings. The molecule has 0 aliphatic carbocycles. The van der Waals surface area contributed by atoms with Crippen molar-refractivity contribution in [3.05, 3.63) is 29.8 Å². The summed E-state index contributed by atoms with van der Waals surface area (Å²) >= 11 is 0. The highest BCUT2D eigenvalue weighted by molar-refractivity contribution is 6.10. The van der Waals surface area contributed by atoms with E-state index in [9.17, 15) is 4.79 Å². The topological polar surface area (TPSA) is 98.3 Å². The number of rotatable bonds is 6. The Morgan fingerprint density at radius 1 is 1.30 bits per heavy atom. The van der Waals surface area contributed by atoms with Crippen LogP contribution >= 0.6 is 0 Å². The molecule has 102 valence electrons. The Morgan fingerprint density at radius 3 is 2.50 bits per heavy atom. The summed E-state index contributed by atoms with van der Waals surface area (Å²) in [7, 11) is 0. The van der Waals surface area contributed by atoms with Gasteiger partial charge in [0.2, 0.25) is 5.71 Å². The number of nitriles is 2. The van der Waals surface area contributed by atoms with E-state index < -0.39 is 0 Å². The van der Waals surface area contributed by atoms with Crippen molar-refractivity contribution < 1.29 is 9.53 Å². The van der Waals surface area contributed by atoms with Crippen molar-refractivity contribution in [2.45, 2.75) is 19.8 Å². The summed E-state index contributed by atoms with van der Waals surface area (Å²) in [4.78, 5) is 11.2. The molecule has 1 N–H and O–H groups in total. The van der Waals surface area contributed by atoms with E-state index in [4.69, 9.17) is 15.3 Å². The molecule has 0 bridgehead atoms. The Kier molecular flexibility index (Phi) is 6.29. The van der Waals surface area contributed by atoms with E-state index in [1.807, 2.05) is 12.1 Å². The van der Waals surface area contributed by atoms with Crippen molar-refractivity contribution in [2.75, 3.05) is 12.0 Å². The SMILES string of the molecule is CCOC(=O)CCc1ccc(NN=C(C#N)C#N)cc1. The number of hydrazone groups is 1. The number of carbonyl (C=O) groups is 1. The van der Waals surface area contributed by atoms with Crippen molar-refractivity contribution in [3.8, 4) is 12.1 Å². The molecule has 1 aromatic carbocycles. The van der Waals surface area contributed by atoms with Crippen molar-refractivity contribution in [2.24, 2.45) is 5.10 Å². The number of benzene rings is 1. The van der Waals surface area contributed by atoms with Gasteiger partial charge in [0.1, 0.15) is 12.1 Å². The van der Waals surface area contributed by atoms with Crippen LogP contribution in [0.15, 0.2) is 29.4 Å². The molecule has 0 aromatic heterocycles. The zero-order valence-corrected chi connectivity index (χ0v) is 11.1. The van der Waals surface area contributed by atoms with Gasteiger partial charge in [0.05, 0.1) is 12.3 Å². The number of carbonyl (C=O) groups excluding carboxylic acids is 1. The third kappa shape index (κ3) is 5.19. The second-order valence-corrected chi connectivity index (χ2v) is 3.80. The molecule has 0 heterocycles. The van der Waals surface area contributed by atoms with Gasteiger partial charge < -0.3 is 4.74 Å². The van der Waals surface area contributed by atoms with Crippen molar-refractivity contribution in [1.29, 1.82) is 10.5 Å². The molecule has 0 aliphatic heterocycles. The second-order valence-electron chi connectivity index (χ2n) is 3.80. The van der Waals surface area contributed by atoms with Gasteiger partial charge in [0, 0.05) is 6.42 Å². The standard InChI is InChI=1S/C14H14N4O2/c1-2-20-14(19)8-5-11-3-6-12(7-4-11)17-18-13(9-15)10-16/h3-4,6-7,17H,2,5,8H2,1H3. The number of ether oxygens (including phenoxy) is 1. The number of aryl methyl sites for hydroxylation is 1. The predicted molar refractivity (Wildman–Crippen MR) is 73.7 cm³/mol. The minimum Gasteiger partial charge on any atom is -0.466 e. The Bertz CT molecular complexity index is 548. The van der Waals surface area contributed by atoms with Gasteiger partial charge in [-0.2, -0.15) is 15.6 Å². The molecule has 0 fully saturated rings. The maximum absolute atomic E-state index is 11.2. The Hall–Kier alpha value is -2.86. The summed E-state index contributed by atoms with van der Waals surface area (Å²) in [5.74, 6) is -0.216. The van der Waals surface area contributed by atoms with E-state index in [-0.39, 0.29) is 11.7 Å². The van der Waals surface area contributed by atoms with Crippen LogP contribution in [-0.4, -0.2) is 18.3 Å². The Labute approximate surface area is 117 Å². The highest BCUT2D eigenvalue weighted by Crippen LogP contribution is 2.11. The quantitative estimate of drug-likeness (QED) is 0.484. The van der Waals surface area contributed by atoms with Crippen LogP contribution in [0.2, 0.25) is 0 Å². The number of nitrogens with one attached hydrogen (secondary N) is 1. The van der Waals surface area contributed by atoms with Crippen LogP contribution in [0.4, 0.5) is 5.69 Å². The lowest BCUT2D eigenvalue weighted by Gasteiger charge is -2.04. The van der Waals surface area contributed by atoms with Gasteiger partial charge in [-0.25, -0.2) is 0 Å². The van der Waals surface area contributed by atoms with E-state index in [0.29, 0.717) is 25.1 Å². The molecule has 0 unspecified atom stereocenters. The lowest BCUT2D eigenvalue weighted by molar-refractivity contribution is -0.143. The second kappa shape index (κ2) is 8.28. The van der Waals surface area contributed by atoms with Gasteiger partial charge in [0.15, 0.2) is 0 Å². The lowest BCUT2D eigenvalue weighted by atomic mass is 10.1. The molecular formula is C14H14N4O2. The van der Waals surface area contributed by atoms with Crippen molar-refractivity contribution in [3.63, 3.8) is 0 Å². The van der Waals surface area contributed by atoms with Gasteiger partial charge in [-0.05, 0) is 31.0 Å². The summed E-state index contributed by atoms with van der Waals surface area (Å²) in [6.07, 6.45) is 0.940. The molecule has 0 radical (unpaired) electrons. The van der Waals surface area contributed by atoms with E-state index >= 15 is 0 Å². The van der Waals surface area contributed by atoms with Gasteiger partial charge in [-0.15, -0.1) is 0 Å². The summed E-state index contributed by atoms with van der Waals surface area (Å²) in [6.45, 7) is 2.16. The first kappa shape index (κ1) is 15.2. The molecule has 6 heteroatoms. The molecule has 1 aromatic rings. The molecule has 20 heavy (non-hydrogen) atoms. The fourth-order valence-corrected chi connectivity index (χ4v) is 1.42. The number of hydrogen-bond donors (Lipinski definition) is 1. The molecular weight excluding hydrogens is 256 g/mol. The first-order valence-electron chi connectivity index (χ1n) is 6.08. The third-order valence-electron chi connectivity index (χ3n) is 2.39. The van der Waals surface area contributed by atoms with E-state index in [1.165, 1.54) is 0 Å². The van der Waals surface area contributed by atoms with Crippen LogP contribution in [0.5, 0.6) is 0 Å². The zero-order chi connectivity index (χ0) is 14.8. The highest BCUT2D eigenvalue weighted by atomic mass is 16.5. The van der Waals surface area contributed by atoms with Gasteiger partial charge in [-0.3, -0.25) is 10.2 Å². The average Bonchev–Trinajstić information content (AvgIpc) is 2.48. The van der Waals surface area contributed by atoms with E-state index in [0.717, 1.165) is 5.56 Å². The Balaban J connectivity index is 2.53. The van der Waals surface area contributed by atoms with Crippen molar-refractivity contribution in [1.82, 2.24) is 0 Å². The maximum atomic E-state index is 11.2. The minimum atomic E-state index is -0.239. The summed E-state index contributed by atoms with van der Waals surface area (Å²) in [5, 5.41) is 20.7. The number of hydrogen-bond acceptors (Lipinski definition) is 6. The number of nitrogens with zero attached hydrogens (tertiary/aromatic N) is 3. The zero-order valence-electron chi connectivity index (χ0n) is 11.1. The van der Waals surface area contributed by atoms with Gasteiger partial charge in [0.25, 0.3) is 0 Å². The largest absolute Gasteiger partial charge is 0.466 e. The van der Waals surface area contributed by atoms with Gasteiger partial charge >= 0.3 is 5.97 Å². The first-order chi connectivity index (χ1) is 9.69. The van der Waals surface area contributed by atoms with Crippen LogP contribution in [-0.2, 0) is 16.0 Å². The first-order valence-corrected chi connectivity index (χ1v) is 6.08. The summed E-state index contributed by atoms with van der Waals surface area (Å²) in [5.41, 5.74) is 4.02.